The maximum absolute atomic E-state index is 14.8. The average molecular weight is 490 g/mol. The molecule has 0 radical (unpaired) electrons. The first-order valence-electron chi connectivity index (χ1n) is 11.2. The Balaban J connectivity index is 1.37. The Morgan fingerprint density at radius 3 is 2.64 bits per heavy atom. The van der Waals surface area contributed by atoms with Gasteiger partial charge in [-0.2, -0.15) is 0 Å². The lowest BCUT2D eigenvalue weighted by atomic mass is 10.0. The van der Waals surface area contributed by atoms with E-state index >= 15 is 0 Å². The van der Waals surface area contributed by atoms with Crippen LogP contribution in [0.5, 0.6) is 11.5 Å². The fourth-order valence-corrected chi connectivity index (χ4v) is 4.03. The van der Waals surface area contributed by atoms with Crippen LogP contribution in [0.2, 0.25) is 0 Å². The van der Waals surface area contributed by atoms with Crippen LogP contribution >= 0.6 is 0 Å². The molecule has 5 aromatic rings. The van der Waals surface area contributed by atoms with E-state index in [0.29, 0.717) is 24.1 Å². The van der Waals surface area contributed by atoms with Gasteiger partial charge in [0, 0.05) is 36.7 Å². The van der Waals surface area contributed by atoms with Crippen LogP contribution in [0.4, 0.5) is 13.2 Å². The number of nitrogens with one attached hydrogen (secondary N) is 2. The van der Waals surface area contributed by atoms with Crippen molar-refractivity contribution in [3.05, 3.63) is 101 Å². The molecular weight excluding hydrogens is 469 g/mol. The number of rotatable bonds is 8. The number of amides is 1. The van der Waals surface area contributed by atoms with Gasteiger partial charge in [-0.25, -0.2) is 18.2 Å². The monoisotopic (exact) mass is 490 g/mol. The first-order valence-corrected chi connectivity index (χ1v) is 11.2. The standard InChI is InChI=1S/C27H21F3N4O2/c28-21-6-5-18(36-26-22(29)13-23-19(25(26)30)8-9-32-23)12-20(21)27-33-14-17(34-27)11-16-3-1-2-15(10-16)4-7-24(31)35/h1-3,5-6,8-10,12-14,32H,4,7,11H2,(H2,31,35)(H,33,34). The fraction of sp³-hybridized carbons (Fsp3) is 0.111. The van der Waals surface area contributed by atoms with Crippen molar-refractivity contribution in [1.82, 2.24) is 15.0 Å². The summed E-state index contributed by atoms with van der Waals surface area (Å²) in [6, 6.07) is 14.1. The van der Waals surface area contributed by atoms with Gasteiger partial charge in [-0.05, 0) is 41.8 Å². The zero-order valence-electron chi connectivity index (χ0n) is 18.9. The summed E-state index contributed by atoms with van der Waals surface area (Å²) >= 11 is 0. The second-order valence-corrected chi connectivity index (χ2v) is 8.39. The van der Waals surface area contributed by atoms with Crippen LogP contribution in [0.3, 0.4) is 0 Å². The number of fused-ring (bicyclic) bond motifs is 1. The SMILES string of the molecule is NC(=O)CCc1cccc(Cc2c[nH]c(-c3cc(Oc4c(F)cc5[nH]ccc5c4F)ccc3F)n2)c1. The van der Waals surface area contributed by atoms with Crippen LogP contribution in [0.1, 0.15) is 23.2 Å². The molecule has 0 aliphatic rings. The number of hydrogen-bond donors (Lipinski definition) is 3. The average Bonchev–Trinajstić information content (AvgIpc) is 3.51. The number of carbonyl (C=O) groups excluding carboxylic acids is 1. The zero-order chi connectivity index (χ0) is 25.2. The van der Waals surface area contributed by atoms with Crippen molar-refractivity contribution in [2.75, 3.05) is 0 Å². The number of H-pyrrole nitrogens is 2. The lowest BCUT2D eigenvalue weighted by Crippen LogP contribution is -2.11. The second kappa shape index (κ2) is 9.61. The normalized spacial score (nSPS) is 11.2. The highest BCUT2D eigenvalue weighted by molar-refractivity contribution is 5.82. The number of nitrogens with zero attached hydrogens (tertiary/aromatic N) is 1. The summed E-state index contributed by atoms with van der Waals surface area (Å²) < 4.78 is 49.4. The van der Waals surface area contributed by atoms with Gasteiger partial charge in [0.15, 0.2) is 17.4 Å². The third-order valence-corrected chi connectivity index (χ3v) is 5.78. The molecule has 0 unspecified atom stereocenters. The number of primary amides is 1. The van der Waals surface area contributed by atoms with Gasteiger partial charge in [-0.15, -0.1) is 0 Å². The van der Waals surface area contributed by atoms with Crippen LogP contribution in [0, 0.1) is 17.5 Å². The summed E-state index contributed by atoms with van der Waals surface area (Å²) in [5, 5.41) is 0.183. The third kappa shape index (κ3) is 4.81. The molecule has 0 fully saturated rings. The molecule has 5 rings (SSSR count). The van der Waals surface area contributed by atoms with Crippen molar-refractivity contribution in [2.24, 2.45) is 5.73 Å². The topological polar surface area (TPSA) is 96.8 Å². The van der Waals surface area contributed by atoms with Crippen molar-refractivity contribution in [2.45, 2.75) is 19.3 Å². The number of benzene rings is 3. The Morgan fingerprint density at radius 2 is 1.81 bits per heavy atom. The van der Waals surface area contributed by atoms with Gasteiger partial charge in [0.1, 0.15) is 17.4 Å². The van der Waals surface area contributed by atoms with E-state index in [1.54, 1.807) is 6.20 Å². The van der Waals surface area contributed by atoms with Crippen LogP contribution in [0.15, 0.2) is 67.0 Å². The van der Waals surface area contributed by atoms with E-state index < -0.39 is 23.2 Å². The van der Waals surface area contributed by atoms with Crippen molar-refractivity contribution >= 4 is 16.8 Å². The van der Waals surface area contributed by atoms with Crippen LogP contribution in [-0.2, 0) is 17.6 Å². The summed E-state index contributed by atoms with van der Waals surface area (Å²) in [5.74, 6) is -2.93. The molecule has 0 atom stereocenters. The molecule has 0 aliphatic heterocycles. The van der Waals surface area contributed by atoms with E-state index in [9.17, 15) is 18.0 Å². The highest BCUT2D eigenvalue weighted by Gasteiger charge is 2.18. The predicted molar refractivity (Wildman–Crippen MR) is 129 cm³/mol. The van der Waals surface area contributed by atoms with Gasteiger partial charge in [0.05, 0.1) is 16.8 Å². The third-order valence-electron chi connectivity index (χ3n) is 5.78. The number of aromatic nitrogens is 3. The van der Waals surface area contributed by atoms with Crippen LogP contribution in [-0.4, -0.2) is 20.9 Å². The molecule has 0 aliphatic carbocycles. The zero-order valence-corrected chi connectivity index (χ0v) is 18.9. The van der Waals surface area contributed by atoms with E-state index in [4.69, 9.17) is 10.5 Å². The Hall–Kier alpha value is -4.53. The lowest BCUT2D eigenvalue weighted by Gasteiger charge is -2.10. The Labute approximate surface area is 203 Å². The smallest absolute Gasteiger partial charge is 0.217 e. The molecule has 0 spiro atoms. The fourth-order valence-electron chi connectivity index (χ4n) is 4.03. The summed E-state index contributed by atoms with van der Waals surface area (Å²) in [7, 11) is 0. The van der Waals surface area contributed by atoms with Crippen molar-refractivity contribution in [3.8, 4) is 22.9 Å². The molecule has 4 N–H and O–H groups in total. The van der Waals surface area contributed by atoms with Gasteiger partial charge in [-0.1, -0.05) is 24.3 Å². The second-order valence-electron chi connectivity index (χ2n) is 8.39. The Morgan fingerprint density at radius 1 is 0.972 bits per heavy atom. The maximum atomic E-state index is 14.8. The van der Waals surface area contributed by atoms with Crippen LogP contribution in [0.25, 0.3) is 22.3 Å². The largest absolute Gasteiger partial charge is 0.451 e. The van der Waals surface area contributed by atoms with Crippen molar-refractivity contribution in [3.63, 3.8) is 0 Å². The molecule has 1 amide bonds. The quantitative estimate of drug-likeness (QED) is 0.257. The van der Waals surface area contributed by atoms with Crippen molar-refractivity contribution in [1.29, 1.82) is 0 Å². The number of nitrogens with two attached hydrogens (primary N) is 1. The first kappa shape index (κ1) is 23.2. The molecule has 0 saturated heterocycles. The predicted octanol–water partition coefficient (Wildman–Crippen LogP) is 5.78. The highest BCUT2D eigenvalue weighted by Crippen LogP contribution is 2.34. The maximum Gasteiger partial charge on any atom is 0.217 e. The minimum atomic E-state index is -0.883. The molecule has 0 bridgehead atoms. The van der Waals surface area contributed by atoms with Crippen molar-refractivity contribution < 1.29 is 22.7 Å². The number of aromatic amines is 2. The minimum absolute atomic E-state index is 0.0548. The van der Waals surface area contributed by atoms with Gasteiger partial charge in [0.2, 0.25) is 5.91 Å². The molecule has 9 heteroatoms. The Kier molecular flexibility index (Phi) is 6.20. The summed E-state index contributed by atoms with van der Waals surface area (Å²) in [4.78, 5) is 21.2. The van der Waals surface area contributed by atoms with Gasteiger partial charge < -0.3 is 20.4 Å². The number of imidazole rings is 1. The summed E-state index contributed by atoms with van der Waals surface area (Å²) in [5.41, 5.74) is 8.24. The number of hydrogen-bond acceptors (Lipinski definition) is 3. The molecule has 6 nitrogen and oxygen atoms in total. The highest BCUT2D eigenvalue weighted by atomic mass is 19.1. The number of aryl methyl sites for hydroxylation is 1. The lowest BCUT2D eigenvalue weighted by molar-refractivity contribution is -0.117. The van der Waals surface area contributed by atoms with E-state index in [1.165, 1.54) is 24.4 Å². The molecule has 3 aromatic carbocycles. The minimum Gasteiger partial charge on any atom is -0.451 e. The van der Waals surface area contributed by atoms with E-state index in [-0.39, 0.29) is 34.9 Å². The first-order chi connectivity index (χ1) is 17.4. The van der Waals surface area contributed by atoms with Gasteiger partial charge in [-0.3, -0.25) is 4.79 Å². The number of carbonyl (C=O) groups is 1. The van der Waals surface area contributed by atoms with E-state index in [2.05, 4.69) is 15.0 Å². The molecule has 36 heavy (non-hydrogen) atoms. The Bertz CT molecular complexity index is 1570. The summed E-state index contributed by atoms with van der Waals surface area (Å²) in [6.07, 6.45) is 4.45. The number of ether oxygens (including phenoxy) is 1. The molecule has 0 saturated carbocycles. The van der Waals surface area contributed by atoms with E-state index in [1.807, 2.05) is 24.3 Å². The van der Waals surface area contributed by atoms with E-state index in [0.717, 1.165) is 23.3 Å². The van der Waals surface area contributed by atoms with Crippen LogP contribution < -0.4 is 10.5 Å². The molecule has 2 aromatic heterocycles. The summed E-state index contributed by atoms with van der Waals surface area (Å²) in [6.45, 7) is 0. The molecule has 182 valence electrons. The van der Waals surface area contributed by atoms with Gasteiger partial charge >= 0.3 is 0 Å². The van der Waals surface area contributed by atoms with Gasteiger partial charge in [0.25, 0.3) is 0 Å². The molecule has 2 heterocycles. The molecular formula is C27H21F3N4O2. The number of halogens is 3.